The molecule has 0 amide bonds. The van der Waals surface area contributed by atoms with Gasteiger partial charge in [-0.2, -0.15) is 0 Å². The molecule has 0 N–H and O–H groups in total. The van der Waals surface area contributed by atoms with E-state index in [1.807, 2.05) is 0 Å². The summed E-state index contributed by atoms with van der Waals surface area (Å²) in [5.41, 5.74) is 0. The van der Waals surface area contributed by atoms with Gasteiger partial charge in [0.25, 0.3) is 0 Å². The van der Waals surface area contributed by atoms with Gasteiger partial charge in [0.05, 0.1) is 12.5 Å². The lowest BCUT2D eigenvalue weighted by Gasteiger charge is -2.26. The lowest BCUT2D eigenvalue weighted by molar-refractivity contribution is -0.526. The van der Waals surface area contributed by atoms with Crippen molar-refractivity contribution in [3.8, 4) is 0 Å². The zero-order valence-electron chi connectivity index (χ0n) is 9.63. The topological polar surface area (TPSA) is 78.7 Å². The summed E-state index contributed by atoms with van der Waals surface area (Å²) in [5, 5.41) is 10.2. The number of esters is 1. The SMILES string of the molecule is COCCOC(=O)C1CCC(Cl)C([N+](=O)[O-])C1. The van der Waals surface area contributed by atoms with Crippen molar-refractivity contribution < 1.29 is 19.2 Å². The van der Waals surface area contributed by atoms with Crippen molar-refractivity contribution >= 4 is 17.6 Å². The number of nitrogens with zero attached hydrogens (tertiary/aromatic N) is 1. The van der Waals surface area contributed by atoms with E-state index in [-0.39, 0.29) is 13.0 Å². The number of ether oxygens (including phenoxy) is 2. The quantitative estimate of drug-likeness (QED) is 0.246. The maximum atomic E-state index is 11.6. The molecule has 0 bridgehead atoms. The Balaban J connectivity index is 2.44. The molecule has 1 rings (SSSR count). The molecule has 0 aromatic heterocycles. The van der Waals surface area contributed by atoms with Crippen molar-refractivity contribution in [2.45, 2.75) is 30.7 Å². The number of methoxy groups -OCH3 is 1. The minimum absolute atomic E-state index is 0.160. The summed E-state index contributed by atoms with van der Waals surface area (Å²) >= 11 is 5.86. The maximum Gasteiger partial charge on any atom is 0.309 e. The molecule has 17 heavy (non-hydrogen) atoms. The van der Waals surface area contributed by atoms with Crippen LogP contribution in [0.15, 0.2) is 0 Å². The third-order valence-corrected chi connectivity index (χ3v) is 3.38. The molecule has 0 aliphatic heterocycles. The number of alkyl halides is 1. The van der Waals surface area contributed by atoms with Gasteiger partial charge < -0.3 is 9.47 Å². The van der Waals surface area contributed by atoms with Crippen LogP contribution in [0.5, 0.6) is 0 Å². The third-order valence-electron chi connectivity index (χ3n) is 2.87. The predicted octanol–water partition coefficient (Wildman–Crippen LogP) is 1.23. The molecule has 0 radical (unpaired) electrons. The van der Waals surface area contributed by atoms with Gasteiger partial charge in [-0.1, -0.05) is 0 Å². The number of carbonyl (C=O) groups excluding carboxylic acids is 1. The van der Waals surface area contributed by atoms with Gasteiger partial charge >= 0.3 is 5.97 Å². The van der Waals surface area contributed by atoms with Crippen molar-refractivity contribution in [3.05, 3.63) is 10.1 Å². The Bertz CT molecular complexity index is 286. The zero-order valence-corrected chi connectivity index (χ0v) is 10.4. The second-order valence-electron chi connectivity index (χ2n) is 4.04. The summed E-state index contributed by atoms with van der Waals surface area (Å²) in [6, 6.07) is -0.856. The Kier molecular flexibility index (Phi) is 5.64. The molecule has 0 spiro atoms. The van der Waals surface area contributed by atoms with Crippen LogP contribution in [0.25, 0.3) is 0 Å². The number of hydrogen-bond donors (Lipinski definition) is 0. The van der Waals surface area contributed by atoms with Crippen molar-refractivity contribution in [2.75, 3.05) is 20.3 Å². The standard InChI is InChI=1S/C10H16ClNO5/c1-16-4-5-17-10(13)7-2-3-8(11)9(6-7)12(14)15/h7-9H,2-6H2,1H3. The van der Waals surface area contributed by atoms with Crippen LogP contribution in [0.2, 0.25) is 0 Å². The lowest BCUT2D eigenvalue weighted by Crippen LogP contribution is -2.39. The van der Waals surface area contributed by atoms with Gasteiger partial charge in [-0.25, -0.2) is 0 Å². The highest BCUT2D eigenvalue weighted by molar-refractivity contribution is 6.21. The summed E-state index contributed by atoms with van der Waals surface area (Å²) in [7, 11) is 1.51. The fourth-order valence-corrected chi connectivity index (χ4v) is 2.21. The molecule has 0 aromatic carbocycles. The van der Waals surface area contributed by atoms with E-state index in [1.165, 1.54) is 7.11 Å². The van der Waals surface area contributed by atoms with Crippen LogP contribution < -0.4 is 0 Å². The van der Waals surface area contributed by atoms with Gasteiger partial charge in [-0.05, 0) is 12.8 Å². The summed E-state index contributed by atoms with van der Waals surface area (Å²) in [6.45, 7) is 0.508. The van der Waals surface area contributed by atoms with E-state index in [1.54, 1.807) is 0 Å². The molecule has 3 atom stereocenters. The van der Waals surface area contributed by atoms with Crippen LogP contribution >= 0.6 is 11.6 Å². The van der Waals surface area contributed by atoms with E-state index >= 15 is 0 Å². The molecule has 6 nitrogen and oxygen atoms in total. The Morgan fingerprint density at radius 2 is 2.18 bits per heavy atom. The molecule has 1 aliphatic rings. The normalized spacial score (nSPS) is 28.7. The first-order chi connectivity index (χ1) is 8.06. The predicted molar refractivity (Wildman–Crippen MR) is 60.6 cm³/mol. The Morgan fingerprint density at radius 1 is 1.47 bits per heavy atom. The molecule has 1 fully saturated rings. The van der Waals surface area contributed by atoms with E-state index in [9.17, 15) is 14.9 Å². The molecule has 1 aliphatic carbocycles. The number of carbonyl (C=O) groups is 1. The second-order valence-corrected chi connectivity index (χ2v) is 4.60. The van der Waals surface area contributed by atoms with Crippen molar-refractivity contribution in [1.82, 2.24) is 0 Å². The van der Waals surface area contributed by atoms with Crippen LogP contribution in [0.4, 0.5) is 0 Å². The Hall–Kier alpha value is -0.880. The monoisotopic (exact) mass is 265 g/mol. The first-order valence-electron chi connectivity index (χ1n) is 5.49. The molecule has 3 unspecified atom stereocenters. The van der Waals surface area contributed by atoms with E-state index in [0.717, 1.165) is 0 Å². The minimum Gasteiger partial charge on any atom is -0.463 e. The van der Waals surface area contributed by atoms with Crippen molar-refractivity contribution in [2.24, 2.45) is 5.92 Å². The van der Waals surface area contributed by atoms with Gasteiger partial charge in [-0.15, -0.1) is 11.6 Å². The molecular formula is C10H16ClNO5. The smallest absolute Gasteiger partial charge is 0.309 e. The fourth-order valence-electron chi connectivity index (χ4n) is 1.89. The van der Waals surface area contributed by atoms with Crippen LogP contribution in [0, 0.1) is 16.0 Å². The van der Waals surface area contributed by atoms with Crippen LogP contribution in [-0.2, 0) is 14.3 Å². The average Bonchev–Trinajstić information content (AvgIpc) is 2.29. The Labute approximate surface area is 104 Å². The highest BCUT2D eigenvalue weighted by Crippen LogP contribution is 2.30. The first-order valence-corrected chi connectivity index (χ1v) is 5.93. The summed E-state index contributed by atoms with van der Waals surface area (Å²) in [6.07, 6.45) is 1.18. The van der Waals surface area contributed by atoms with Gasteiger partial charge in [0.1, 0.15) is 12.0 Å². The van der Waals surface area contributed by atoms with Crippen LogP contribution in [-0.4, -0.2) is 42.6 Å². The number of nitro groups is 1. The fraction of sp³-hybridized carbons (Fsp3) is 0.900. The zero-order chi connectivity index (χ0) is 12.8. The Morgan fingerprint density at radius 3 is 2.76 bits per heavy atom. The first kappa shape index (κ1) is 14.2. The van der Waals surface area contributed by atoms with E-state index in [4.69, 9.17) is 21.1 Å². The highest BCUT2D eigenvalue weighted by Gasteiger charge is 2.40. The second kappa shape index (κ2) is 6.76. The third kappa shape index (κ3) is 4.12. The number of rotatable bonds is 5. The number of halogens is 1. The van der Waals surface area contributed by atoms with E-state index < -0.39 is 28.2 Å². The van der Waals surface area contributed by atoms with Crippen LogP contribution in [0.3, 0.4) is 0 Å². The molecule has 1 saturated carbocycles. The van der Waals surface area contributed by atoms with Gasteiger partial charge in [0.15, 0.2) is 0 Å². The lowest BCUT2D eigenvalue weighted by atomic mass is 9.85. The van der Waals surface area contributed by atoms with E-state index in [0.29, 0.717) is 19.4 Å². The highest BCUT2D eigenvalue weighted by atomic mass is 35.5. The average molecular weight is 266 g/mol. The minimum atomic E-state index is -0.856. The van der Waals surface area contributed by atoms with Gasteiger partial charge in [0.2, 0.25) is 6.04 Å². The van der Waals surface area contributed by atoms with Gasteiger partial charge in [-0.3, -0.25) is 14.9 Å². The molecule has 7 heteroatoms. The summed E-state index contributed by atoms with van der Waals surface area (Å²) in [5.74, 6) is -0.810. The molecule has 0 aromatic rings. The number of hydrogen-bond acceptors (Lipinski definition) is 5. The maximum absolute atomic E-state index is 11.6. The van der Waals surface area contributed by atoms with Crippen LogP contribution in [0.1, 0.15) is 19.3 Å². The molecule has 98 valence electrons. The van der Waals surface area contributed by atoms with Gasteiger partial charge in [0, 0.05) is 18.5 Å². The molecular weight excluding hydrogens is 250 g/mol. The summed E-state index contributed by atoms with van der Waals surface area (Å²) in [4.78, 5) is 21.9. The molecule has 0 saturated heterocycles. The van der Waals surface area contributed by atoms with E-state index in [2.05, 4.69) is 0 Å². The largest absolute Gasteiger partial charge is 0.463 e. The van der Waals surface area contributed by atoms with Crippen molar-refractivity contribution in [1.29, 1.82) is 0 Å². The van der Waals surface area contributed by atoms with Crippen molar-refractivity contribution in [3.63, 3.8) is 0 Å². The summed E-state index contributed by atoms with van der Waals surface area (Å²) < 4.78 is 9.71. The molecule has 0 heterocycles.